The monoisotopic (exact) mass is 290 g/mol. The molecule has 1 aliphatic heterocycles. The van der Waals surface area contributed by atoms with Crippen LogP contribution in [0.1, 0.15) is 36.1 Å². The van der Waals surface area contributed by atoms with Crippen LogP contribution in [0.3, 0.4) is 0 Å². The molecule has 0 aromatic heterocycles. The highest BCUT2D eigenvalue weighted by molar-refractivity contribution is 5.78. The molecule has 1 aliphatic rings. The molecule has 0 bridgehead atoms. The molecule has 0 aliphatic carbocycles. The highest BCUT2D eigenvalue weighted by atomic mass is 16.5. The topological polar surface area (TPSA) is 41.6 Å². The van der Waals surface area contributed by atoms with Crippen molar-refractivity contribution in [2.75, 3.05) is 32.8 Å². The average Bonchev–Trinajstić information content (AvgIpc) is 2.46. The maximum Gasteiger partial charge on any atom is 0.248 e. The Labute approximate surface area is 127 Å². The third kappa shape index (κ3) is 4.29. The number of ether oxygens (including phenoxy) is 1. The number of hydrogen-bond donors (Lipinski definition) is 1. The first-order valence-corrected chi connectivity index (χ1v) is 7.78. The van der Waals surface area contributed by atoms with Crippen LogP contribution in [0, 0.1) is 13.8 Å². The van der Waals surface area contributed by atoms with Crippen LogP contribution in [0.5, 0.6) is 0 Å². The van der Waals surface area contributed by atoms with E-state index in [1.54, 1.807) is 0 Å². The van der Waals surface area contributed by atoms with Crippen LogP contribution >= 0.6 is 0 Å². The number of benzene rings is 1. The molecule has 1 N–H and O–H groups in total. The molecule has 0 radical (unpaired) electrons. The molecule has 116 valence electrons. The predicted molar refractivity (Wildman–Crippen MR) is 84.3 cm³/mol. The summed E-state index contributed by atoms with van der Waals surface area (Å²) in [6.45, 7) is 9.62. The van der Waals surface area contributed by atoms with Gasteiger partial charge in [0.2, 0.25) is 5.91 Å². The summed E-state index contributed by atoms with van der Waals surface area (Å²) in [5, 5.41) is 3.58. The van der Waals surface area contributed by atoms with Gasteiger partial charge in [0.1, 0.15) is 6.61 Å². The van der Waals surface area contributed by atoms with Crippen LogP contribution in [0.4, 0.5) is 0 Å². The number of nitrogens with zero attached hydrogens (tertiary/aromatic N) is 1. The van der Waals surface area contributed by atoms with E-state index in [0.717, 1.165) is 13.0 Å². The van der Waals surface area contributed by atoms with Crippen LogP contribution in [0.15, 0.2) is 18.2 Å². The third-order valence-corrected chi connectivity index (χ3v) is 3.93. The van der Waals surface area contributed by atoms with E-state index in [9.17, 15) is 4.79 Å². The molecule has 4 nitrogen and oxygen atoms in total. The summed E-state index contributed by atoms with van der Waals surface area (Å²) >= 11 is 0. The minimum absolute atomic E-state index is 0.0920. The fourth-order valence-corrected chi connectivity index (χ4v) is 2.77. The molecule has 21 heavy (non-hydrogen) atoms. The van der Waals surface area contributed by atoms with Crippen molar-refractivity contribution in [3.63, 3.8) is 0 Å². The minimum Gasteiger partial charge on any atom is -0.370 e. The van der Waals surface area contributed by atoms with E-state index >= 15 is 0 Å². The second kappa shape index (κ2) is 7.57. The lowest BCUT2D eigenvalue weighted by molar-refractivity contribution is -0.143. The SMILES string of the molecule is CCCNC(CN1CCOCC1=O)c1ccc(C)cc1C. The molecule has 1 aromatic carbocycles. The van der Waals surface area contributed by atoms with E-state index in [2.05, 4.69) is 44.3 Å². The van der Waals surface area contributed by atoms with E-state index in [-0.39, 0.29) is 18.6 Å². The van der Waals surface area contributed by atoms with Crippen molar-refractivity contribution in [2.24, 2.45) is 0 Å². The number of aryl methyl sites for hydroxylation is 2. The predicted octanol–water partition coefficient (Wildman–Crippen LogP) is 2.20. The molecule has 4 heteroatoms. The van der Waals surface area contributed by atoms with E-state index in [0.29, 0.717) is 19.7 Å². The number of carbonyl (C=O) groups excluding carboxylic acids is 1. The van der Waals surface area contributed by atoms with E-state index < -0.39 is 0 Å². The largest absolute Gasteiger partial charge is 0.370 e. The summed E-state index contributed by atoms with van der Waals surface area (Å²) in [4.78, 5) is 13.9. The number of morpholine rings is 1. The zero-order valence-electron chi connectivity index (χ0n) is 13.3. The van der Waals surface area contributed by atoms with Gasteiger partial charge in [0.25, 0.3) is 0 Å². The van der Waals surface area contributed by atoms with Crippen LogP contribution in [-0.4, -0.2) is 43.7 Å². The molecule has 1 amide bonds. The summed E-state index contributed by atoms with van der Waals surface area (Å²) in [6.07, 6.45) is 1.08. The maximum absolute atomic E-state index is 11.9. The Kier molecular flexibility index (Phi) is 5.76. The lowest BCUT2D eigenvalue weighted by atomic mass is 9.98. The molecule has 1 atom stereocenters. The summed E-state index contributed by atoms with van der Waals surface area (Å²) in [6, 6.07) is 6.72. The van der Waals surface area contributed by atoms with Gasteiger partial charge < -0.3 is 15.0 Å². The summed E-state index contributed by atoms with van der Waals surface area (Å²) in [5.74, 6) is 0.0920. The Morgan fingerprint density at radius 2 is 2.19 bits per heavy atom. The second-order valence-electron chi connectivity index (χ2n) is 5.76. The van der Waals surface area contributed by atoms with Crippen molar-refractivity contribution in [1.82, 2.24) is 10.2 Å². The van der Waals surface area contributed by atoms with Gasteiger partial charge in [-0.05, 0) is 37.9 Å². The summed E-state index contributed by atoms with van der Waals surface area (Å²) < 4.78 is 5.21. The number of carbonyl (C=O) groups is 1. The second-order valence-corrected chi connectivity index (χ2v) is 5.76. The van der Waals surface area contributed by atoms with Crippen molar-refractivity contribution in [3.8, 4) is 0 Å². The van der Waals surface area contributed by atoms with Gasteiger partial charge in [-0.3, -0.25) is 4.79 Å². The number of amides is 1. The first-order valence-electron chi connectivity index (χ1n) is 7.78. The van der Waals surface area contributed by atoms with E-state index in [1.807, 2.05) is 4.90 Å². The highest BCUT2D eigenvalue weighted by Gasteiger charge is 2.23. The number of nitrogens with one attached hydrogen (secondary N) is 1. The van der Waals surface area contributed by atoms with Crippen molar-refractivity contribution >= 4 is 5.91 Å². The van der Waals surface area contributed by atoms with Crippen LogP contribution < -0.4 is 5.32 Å². The van der Waals surface area contributed by atoms with Gasteiger partial charge in [-0.25, -0.2) is 0 Å². The smallest absolute Gasteiger partial charge is 0.248 e. The molecule has 1 heterocycles. The van der Waals surface area contributed by atoms with Crippen molar-refractivity contribution in [2.45, 2.75) is 33.2 Å². The van der Waals surface area contributed by atoms with Gasteiger partial charge in [-0.15, -0.1) is 0 Å². The first-order chi connectivity index (χ1) is 10.1. The van der Waals surface area contributed by atoms with Gasteiger partial charge in [0.05, 0.1) is 12.6 Å². The lowest BCUT2D eigenvalue weighted by Gasteiger charge is -2.32. The van der Waals surface area contributed by atoms with Gasteiger partial charge in [-0.1, -0.05) is 30.7 Å². The molecule has 1 fully saturated rings. The third-order valence-electron chi connectivity index (χ3n) is 3.93. The molecule has 1 aromatic rings. The Morgan fingerprint density at radius 1 is 1.38 bits per heavy atom. The van der Waals surface area contributed by atoms with Gasteiger partial charge in [-0.2, -0.15) is 0 Å². The Morgan fingerprint density at radius 3 is 2.86 bits per heavy atom. The number of hydrogen-bond acceptors (Lipinski definition) is 3. The standard InChI is InChI=1S/C17H26N2O2/c1-4-7-18-16(11-19-8-9-21-12-17(19)20)15-6-5-13(2)10-14(15)3/h5-6,10,16,18H,4,7-9,11-12H2,1-3H3. The zero-order valence-corrected chi connectivity index (χ0v) is 13.3. The molecular weight excluding hydrogens is 264 g/mol. The Bertz CT molecular complexity index is 488. The average molecular weight is 290 g/mol. The first kappa shape index (κ1) is 16.0. The Balaban J connectivity index is 2.14. The number of rotatable bonds is 6. The molecule has 0 spiro atoms. The van der Waals surface area contributed by atoms with Crippen molar-refractivity contribution in [1.29, 1.82) is 0 Å². The normalized spacial score (nSPS) is 17.1. The van der Waals surface area contributed by atoms with E-state index in [1.165, 1.54) is 16.7 Å². The summed E-state index contributed by atoms with van der Waals surface area (Å²) in [7, 11) is 0. The minimum atomic E-state index is 0.0920. The molecule has 1 saturated heterocycles. The molecule has 1 unspecified atom stereocenters. The molecule has 0 saturated carbocycles. The van der Waals surface area contributed by atoms with Gasteiger partial charge >= 0.3 is 0 Å². The van der Waals surface area contributed by atoms with Gasteiger partial charge in [0, 0.05) is 13.1 Å². The molecule has 2 rings (SSSR count). The van der Waals surface area contributed by atoms with Crippen molar-refractivity contribution in [3.05, 3.63) is 34.9 Å². The fraction of sp³-hybridized carbons (Fsp3) is 0.588. The van der Waals surface area contributed by atoms with Crippen LogP contribution in [0.25, 0.3) is 0 Å². The van der Waals surface area contributed by atoms with E-state index in [4.69, 9.17) is 4.74 Å². The summed E-state index contributed by atoms with van der Waals surface area (Å²) in [5.41, 5.74) is 3.84. The highest BCUT2D eigenvalue weighted by Crippen LogP contribution is 2.21. The quantitative estimate of drug-likeness (QED) is 0.873. The Hall–Kier alpha value is -1.39. The fourth-order valence-electron chi connectivity index (χ4n) is 2.77. The van der Waals surface area contributed by atoms with Crippen LogP contribution in [0.2, 0.25) is 0 Å². The van der Waals surface area contributed by atoms with Crippen LogP contribution in [-0.2, 0) is 9.53 Å². The maximum atomic E-state index is 11.9. The zero-order chi connectivity index (χ0) is 15.2. The molecular formula is C17H26N2O2. The van der Waals surface area contributed by atoms with Gasteiger partial charge in [0.15, 0.2) is 0 Å². The van der Waals surface area contributed by atoms with Crippen molar-refractivity contribution < 1.29 is 9.53 Å². The lowest BCUT2D eigenvalue weighted by Crippen LogP contribution is -2.46.